The van der Waals surface area contributed by atoms with Crippen LogP contribution in [0.3, 0.4) is 0 Å². The van der Waals surface area contributed by atoms with Crippen LogP contribution in [0.4, 0.5) is 0 Å². The molecule has 1 aliphatic heterocycles. The van der Waals surface area contributed by atoms with Crippen LogP contribution in [-0.2, 0) is 4.84 Å². The molecule has 0 aromatic heterocycles. The molecular formula is C7H11NO. The first-order chi connectivity index (χ1) is 4.41. The summed E-state index contributed by atoms with van der Waals surface area (Å²) in [7, 11) is 0. The highest BCUT2D eigenvalue weighted by Crippen LogP contribution is 2.37. The van der Waals surface area contributed by atoms with Crippen LogP contribution in [0.2, 0.25) is 0 Å². The molecule has 50 valence electrons. The molecule has 0 aromatic rings. The summed E-state index contributed by atoms with van der Waals surface area (Å²) in [5, 5.41) is 3.79. The Kier molecular flexibility index (Phi) is 1.01. The molecule has 1 spiro atoms. The van der Waals surface area contributed by atoms with Crippen molar-refractivity contribution in [3.05, 3.63) is 0 Å². The van der Waals surface area contributed by atoms with Gasteiger partial charge in [0, 0.05) is 12.6 Å². The average Bonchev–Trinajstić information content (AvgIpc) is 2.45. The van der Waals surface area contributed by atoms with Crippen LogP contribution in [0.15, 0.2) is 5.16 Å². The van der Waals surface area contributed by atoms with E-state index in [1.807, 2.05) is 6.21 Å². The van der Waals surface area contributed by atoms with Gasteiger partial charge in [-0.05, 0) is 25.7 Å². The zero-order valence-corrected chi connectivity index (χ0v) is 5.47. The summed E-state index contributed by atoms with van der Waals surface area (Å²) in [5.41, 5.74) is 0.167. The third-order valence-corrected chi connectivity index (χ3v) is 2.30. The Morgan fingerprint density at radius 3 is 2.67 bits per heavy atom. The van der Waals surface area contributed by atoms with E-state index in [1.54, 1.807) is 0 Å². The third-order valence-electron chi connectivity index (χ3n) is 2.30. The molecule has 2 aliphatic rings. The van der Waals surface area contributed by atoms with Crippen LogP contribution < -0.4 is 0 Å². The molecule has 0 aromatic carbocycles. The highest BCUT2D eigenvalue weighted by atomic mass is 16.7. The first kappa shape index (κ1) is 5.27. The van der Waals surface area contributed by atoms with Crippen molar-refractivity contribution in [1.29, 1.82) is 0 Å². The zero-order valence-electron chi connectivity index (χ0n) is 5.47. The fourth-order valence-corrected chi connectivity index (χ4v) is 1.70. The third kappa shape index (κ3) is 0.732. The van der Waals surface area contributed by atoms with Gasteiger partial charge < -0.3 is 4.84 Å². The molecular weight excluding hydrogens is 114 g/mol. The molecule has 0 atom stereocenters. The molecule has 1 aliphatic carbocycles. The maximum Gasteiger partial charge on any atom is 0.142 e. The van der Waals surface area contributed by atoms with E-state index in [2.05, 4.69) is 5.16 Å². The number of nitrogens with zero attached hydrogens (tertiary/aromatic N) is 1. The summed E-state index contributed by atoms with van der Waals surface area (Å²) in [6.07, 6.45) is 8.02. The molecule has 0 radical (unpaired) electrons. The molecule has 1 heterocycles. The smallest absolute Gasteiger partial charge is 0.142 e. The second-order valence-electron chi connectivity index (χ2n) is 2.97. The lowest BCUT2D eigenvalue weighted by molar-refractivity contribution is -0.0126. The minimum absolute atomic E-state index is 0.167. The standard InChI is InChI=1S/C7H11NO/c1-2-4-7(3-1)5-6-8-9-7/h6H,1-5H2. The fraction of sp³-hybridized carbons (Fsp3) is 0.857. The number of rotatable bonds is 0. The minimum Gasteiger partial charge on any atom is -0.389 e. The summed E-state index contributed by atoms with van der Waals surface area (Å²) in [4.78, 5) is 5.27. The molecule has 9 heavy (non-hydrogen) atoms. The van der Waals surface area contributed by atoms with Crippen LogP contribution in [0.1, 0.15) is 32.1 Å². The predicted molar refractivity (Wildman–Crippen MR) is 35.4 cm³/mol. The van der Waals surface area contributed by atoms with Gasteiger partial charge in [-0.3, -0.25) is 0 Å². The summed E-state index contributed by atoms with van der Waals surface area (Å²) in [6, 6.07) is 0. The second-order valence-corrected chi connectivity index (χ2v) is 2.97. The summed E-state index contributed by atoms with van der Waals surface area (Å²) < 4.78 is 0. The quantitative estimate of drug-likeness (QED) is 0.483. The molecule has 1 fully saturated rings. The number of hydrogen-bond donors (Lipinski definition) is 0. The van der Waals surface area contributed by atoms with Crippen molar-refractivity contribution in [2.45, 2.75) is 37.7 Å². The summed E-state index contributed by atoms with van der Waals surface area (Å²) in [6.45, 7) is 0. The van der Waals surface area contributed by atoms with E-state index in [0.29, 0.717) is 0 Å². The largest absolute Gasteiger partial charge is 0.389 e. The molecule has 0 bridgehead atoms. The Morgan fingerprint density at radius 2 is 2.11 bits per heavy atom. The van der Waals surface area contributed by atoms with Gasteiger partial charge in [0.15, 0.2) is 0 Å². The van der Waals surface area contributed by atoms with Crippen molar-refractivity contribution in [2.75, 3.05) is 0 Å². The number of oxime groups is 1. The fourth-order valence-electron chi connectivity index (χ4n) is 1.70. The average molecular weight is 125 g/mol. The molecule has 2 nitrogen and oxygen atoms in total. The van der Waals surface area contributed by atoms with Gasteiger partial charge in [0.05, 0.1) is 0 Å². The Balaban J connectivity index is 2.07. The van der Waals surface area contributed by atoms with Gasteiger partial charge in [-0.25, -0.2) is 0 Å². The normalized spacial score (nSPS) is 29.3. The van der Waals surface area contributed by atoms with Crippen LogP contribution in [0.25, 0.3) is 0 Å². The van der Waals surface area contributed by atoms with Crippen molar-refractivity contribution in [3.8, 4) is 0 Å². The molecule has 0 saturated heterocycles. The predicted octanol–water partition coefficient (Wildman–Crippen LogP) is 1.71. The van der Waals surface area contributed by atoms with E-state index in [0.717, 1.165) is 6.42 Å². The molecule has 0 unspecified atom stereocenters. The highest BCUT2D eigenvalue weighted by molar-refractivity contribution is 5.59. The van der Waals surface area contributed by atoms with Crippen molar-refractivity contribution in [3.63, 3.8) is 0 Å². The van der Waals surface area contributed by atoms with Gasteiger partial charge in [-0.1, -0.05) is 5.16 Å². The Labute approximate surface area is 54.9 Å². The van der Waals surface area contributed by atoms with Crippen LogP contribution in [-0.4, -0.2) is 11.8 Å². The lowest BCUT2D eigenvalue weighted by Crippen LogP contribution is -2.22. The van der Waals surface area contributed by atoms with Crippen molar-refractivity contribution in [2.24, 2.45) is 5.16 Å². The van der Waals surface area contributed by atoms with E-state index < -0.39 is 0 Å². The molecule has 0 amide bonds. The SMILES string of the molecule is C1=NOC2(C1)CCCC2. The summed E-state index contributed by atoms with van der Waals surface area (Å²) >= 11 is 0. The lowest BCUT2D eigenvalue weighted by Gasteiger charge is -2.18. The number of hydrogen-bond acceptors (Lipinski definition) is 2. The van der Waals surface area contributed by atoms with E-state index in [4.69, 9.17) is 4.84 Å². The van der Waals surface area contributed by atoms with E-state index >= 15 is 0 Å². The van der Waals surface area contributed by atoms with Crippen LogP contribution in [0, 0.1) is 0 Å². The van der Waals surface area contributed by atoms with E-state index in [-0.39, 0.29) is 5.60 Å². The van der Waals surface area contributed by atoms with Crippen LogP contribution in [0.5, 0.6) is 0 Å². The van der Waals surface area contributed by atoms with Gasteiger partial charge in [0.1, 0.15) is 5.60 Å². The highest BCUT2D eigenvalue weighted by Gasteiger charge is 2.37. The Morgan fingerprint density at radius 1 is 1.33 bits per heavy atom. The first-order valence-corrected chi connectivity index (χ1v) is 3.61. The molecule has 2 rings (SSSR count). The Hall–Kier alpha value is -0.530. The molecule has 0 N–H and O–H groups in total. The topological polar surface area (TPSA) is 21.6 Å². The van der Waals surface area contributed by atoms with Gasteiger partial charge >= 0.3 is 0 Å². The summed E-state index contributed by atoms with van der Waals surface area (Å²) in [5.74, 6) is 0. The minimum atomic E-state index is 0.167. The van der Waals surface area contributed by atoms with Crippen molar-refractivity contribution in [1.82, 2.24) is 0 Å². The molecule has 1 saturated carbocycles. The lowest BCUT2D eigenvalue weighted by atomic mass is 10.00. The van der Waals surface area contributed by atoms with Gasteiger partial charge in [-0.15, -0.1) is 0 Å². The van der Waals surface area contributed by atoms with Crippen molar-refractivity contribution < 1.29 is 4.84 Å². The second kappa shape index (κ2) is 1.72. The first-order valence-electron chi connectivity index (χ1n) is 3.61. The van der Waals surface area contributed by atoms with Gasteiger partial charge in [0.25, 0.3) is 0 Å². The van der Waals surface area contributed by atoms with E-state index in [1.165, 1.54) is 25.7 Å². The van der Waals surface area contributed by atoms with E-state index in [9.17, 15) is 0 Å². The molecule has 2 heteroatoms. The van der Waals surface area contributed by atoms with Crippen LogP contribution >= 0.6 is 0 Å². The Bertz CT molecular complexity index is 126. The maximum absolute atomic E-state index is 5.27. The van der Waals surface area contributed by atoms with Crippen molar-refractivity contribution >= 4 is 6.21 Å². The monoisotopic (exact) mass is 125 g/mol. The zero-order chi connectivity index (χ0) is 6.16. The van der Waals surface area contributed by atoms with Gasteiger partial charge in [0.2, 0.25) is 0 Å². The van der Waals surface area contributed by atoms with Gasteiger partial charge in [-0.2, -0.15) is 0 Å². The maximum atomic E-state index is 5.27.